The first-order valence-electron chi connectivity index (χ1n) is 7.07. The molecule has 1 aromatic carbocycles. The van der Waals surface area contributed by atoms with Gasteiger partial charge in [-0.15, -0.1) is 12.4 Å². The van der Waals surface area contributed by atoms with Crippen LogP contribution in [0, 0.1) is 0 Å². The Labute approximate surface area is 128 Å². The Hall–Kier alpha value is -1.06. The van der Waals surface area contributed by atoms with Crippen molar-refractivity contribution in [3.8, 4) is 0 Å². The topological polar surface area (TPSA) is 55.1 Å². The Kier molecular flexibility index (Phi) is 8.51. The highest BCUT2D eigenvalue weighted by Gasteiger charge is 2.30. The number of benzene rings is 1. The lowest BCUT2D eigenvalue weighted by atomic mass is 9.76. The molecule has 1 unspecified atom stereocenters. The zero-order valence-corrected chi connectivity index (χ0v) is 13.5. The molecule has 0 spiro atoms. The fourth-order valence-electron chi connectivity index (χ4n) is 2.39. The van der Waals surface area contributed by atoms with Gasteiger partial charge in [-0.05, 0) is 24.9 Å². The molecule has 1 rings (SSSR count). The van der Waals surface area contributed by atoms with Crippen LogP contribution in [0.5, 0.6) is 0 Å². The zero-order chi connectivity index (χ0) is 14.3. The van der Waals surface area contributed by atoms with Crippen LogP contribution >= 0.6 is 12.4 Å². The summed E-state index contributed by atoms with van der Waals surface area (Å²) in [6.45, 7) is 7.03. The first-order chi connectivity index (χ1) is 9.02. The maximum Gasteiger partial charge on any atom is 0.220 e. The van der Waals surface area contributed by atoms with Crippen LogP contribution in [0.15, 0.2) is 30.3 Å². The van der Waals surface area contributed by atoms with Crippen LogP contribution in [-0.2, 0) is 10.2 Å². The minimum absolute atomic E-state index is 0. The van der Waals surface area contributed by atoms with Crippen LogP contribution in [0.2, 0.25) is 0 Å². The molecule has 0 saturated carbocycles. The Morgan fingerprint density at radius 3 is 2.40 bits per heavy atom. The van der Waals surface area contributed by atoms with Gasteiger partial charge in [0.05, 0.1) is 0 Å². The Balaban J connectivity index is 0.00000361. The number of carbonyl (C=O) groups is 1. The lowest BCUT2D eigenvalue weighted by molar-refractivity contribution is -0.122. The van der Waals surface area contributed by atoms with Crippen LogP contribution in [-0.4, -0.2) is 18.5 Å². The van der Waals surface area contributed by atoms with Gasteiger partial charge in [-0.3, -0.25) is 4.79 Å². The SMILES string of the molecule is CCC(NC(=O)CCCN)C(C)(C)c1ccccc1.Cl. The summed E-state index contributed by atoms with van der Waals surface area (Å²) in [7, 11) is 0. The minimum atomic E-state index is -0.0750. The monoisotopic (exact) mass is 298 g/mol. The fourth-order valence-corrected chi connectivity index (χ4v) is 2.39. The van der Waals surface area contributed by atoms with Crippen molar-refractivity contribution in [2.45, 2.75) is 51.5 Å². The molecule has 1 aromatic rings. The van der Waals surface area contributed by atoms with E-state index < -0.39 is 0 Å². The molecule has 0 bridgehead atoms. The van der Waals surface area contributed by atoms with Gasteiger partial charge in [-0.1, -0.05) is 51.1 Å². The summed E-state index contributed by atoms with van der Waals surface area (Å²) in [5, 5.41) is 3.15. The highest BCUT2D eigenvalue weighted by molar-refractivity contribution is 5.85. The molecule has 3 N–H and O–H groups in total. The molecule has 114 valence electrons. The molecular weight excluding hydrogens is 272 g/mol. The molecule has 0 aliphatic heterocycles. The standard InChI is InChI=1S/C16H26N2O.ClH/c1-4-14(18-15(19)11-8-12-17)16(2,3)13-9-6-5-7-10-13;/h5-7,9-10,14H,4,8,11-12,17H2,1-3H3,(H,18,19);1H. The number of amides is 1. The molecule has 0 aliphatic rings. The Bertz CT molecular complexity index is 393. The molecule has 0 saturated heterocycles. The Morgan fingerprint density at radius 2 is 1.90 bits per heavy atom. The third-order valence-corrected chi connectivity index (χ3v) is 3.74. The van der Waals surface area contributed by atoms with E-state index in [0.717, 1.165) is 12.8 Å². The number of hydrogen-bond donors (Lipinski definition) is 2. The van der Waals surface area contributed by atoms with Gasteiger partial charge in [0.1, 0.15) is 0 Å². The molecule has 0 fully saturated rings. The Morgan fingerprint density at radius 1 is 1.30 bits per heavy atom. The normalized spacial score (nSPS) is 12.4. The fraction of sp³-hybridized carbons (Fsp3) is 0.562. The van der Waals surface area contributed by atoms with E-state index in [2.05, 4.69) is 38.2 Å². The maximum absolute atomic E-state index is 11.9. The smallest absolute Gasteiger partial charge is 0.220 e. The predicted molar refractivity (Wildman–Crippen MR) is 87.2 cm³/mol. The van der Waals surface area contributed by atoms with Crippen molar-refractivity contribution in [2.75, 3.05) is 6.54 Å². The zero-order valence-electron chi connectivity index (χ0n) is 12.7. The molecule has 3 nitrogen and oxygen atoms in total. The molecule has 1 atom stereocenters. The first kappa shape index (κ1) is 18.9. The molecule has 0 heterocycles. The summed E-state index contributed by atoms with van der Waals surface area (Å²) in [6.07, 6.45) is 2.17. The van der Waals surface area contributed by atoms with E-state index in [-0.39, 0.29) is 29.8 Å². The van der Waals surface area contributed by atoms with Gasteiger partial charge in [0.15, 0.2) is 0 Å². The number of nitrogens with two attached hydrogens (primary N) is 1. The van der Waals surface area contributed by atoms with Crippen molar-refractivity contribution in [2.24, 2.45) is 5.73 Å². The summed E-state index contributed by atoms with van der Waals surface area (Å²) in [5.41, 5.74) is 6.61. The highest BCUT2D eigenvalue weighted by Crippen LogP contribution is 2.28. The number of rotatable bonds is 7. The summed E-state index contributed by atoms with van der Waals surface area (Å²) in [4.78, 5) is 11.9. The van der Waals surface area contributed by atoms with Gasteiger partial charge in [0.25, 0.3) is 0 Å². The second-order valence-corrected chi connectivity index (χ2v) is 5.51. The van der Waals surface area contributed by atoms with Gasteiger partial charge in [0.2, 0.25) is 5.91 Å². The van der Waals surface area contributed by atoms with Crippen LogP contribution in [0.25, 0.3) is 0 Å². The molecule has 0 aliphatic carbocycles. The van der Waals surface area contributed by atoms with E-state index >= 15 is 0 Å². The molecule has 20 heavy (non-hydrogen) atoms. The molecular formula is C16H27ClN2O. The van der Waals surface area contributed by atoms with E-state index in [4.69, 9.17) is 5.73 Å². The average molecular weight is 299 g/mol. The maximum atomic E-state index is 11.9. The van der Waals surface area contributed by atoms with Crippen LogP contribution in [0.3, 0.4) is 0 Å². The summed E-state index contributed by atoms with van der Waals surface area (Å²) in [6, 6.07) is 10.5. The number of carbonyl (C=O) groups excluding carboxylic acids is 1. The van der Waals surface area contributed by atoms with Crippen LogP contribution in [0.1, 0.15) is 45.6 Å². The van der Waals surface area contributed by atoms with Crippen molar-refractivity contribution in [1.82, 2.24) is 5.32 Å². The summed E-state index contributed by atoms with van der Waals surface area (Å²) >= 11 is 0. The van der Waals surface area contributed by atoms with Gasteiger partial charge >= 0.3 is 0 Å². The van der Waals surface area contributed by atoms with E-state index in [9.17, 15) is 4.79 Å². The third-order valence-electron chi connectivity index (χ3n) is 3.74. The van der Waals surface area contributed by atoms with Gasteiger partial charge in [0, 0.05) is 17.9 Å². The predicted octanol–water partition coefficient (Wildman–Crippen LogP) is 3.02. The average Bonchev–Trinajstić information content (AvgIpc) is 2.43. The molecule has 1 amide bonds. The second-order valence-electron chi connectivity index (χ2n) is 5.51. The lowest BCUT2D eigenvalue weighted by Crippen LogP contribution is -2.47. The van der Waals surface area contributed by atoms with E-state index in [1.807, 2.05) is 18.2 Å². The van der Waals surface area contributed by atoms with Crippen molar-refractivity contribution in [3.63, 3.8) is 0 Å². The van der Waals surface area contributed by atoms with Crippen LogP contribution < -0.4 is 11.1 Å². The van der Waals surface area contributed by atoms with Gasteiger partial charge < -0.3 is 11.1 Å². The molecule has 0 radical (unpaired) electrons. The minimum Gasteiger partial charge on any atom is -0.353 e. The van der Waals surface area contributed by atoms with Crippen molar-refractivity contribution in [3.05, 3.63) is 35.9 Å². The van der Waals surface area contributed by atoms with Crippen molar-refractivity contribution >= 4 is 18.3 Å². The van der Waals surface area contributed by atoms with Gasteiger partial charge in [-0.25, -0.2) is 0 Å². The number of halogens is 1. The lowest BCUT2D eigenvalue weighted by Gasteiger charge is -2.35. The summed E-state index contributed by atoms with van der Waals surface area (Å²) < 4.78 is 0. The van der Waals surface area contributed by atoms with E-state index in [0.29, 0.717) is 13.0 Å². The summed E-state index contributed by atoms with van der Waals surface area (Å²) in [5.74, 6) is 0.0984. The molecule has 4 heteroatoms. The van der Waals surface area contributed by atoms with E-state index in [1.54, 1.807) is 0 Å². The van der Waals surface area contributed by atoms with Crippen LogP contribution in [0.4, 0.5) is 0 Å². The van der Waals surface area contributed by atoms with Crippen molar-refractivity contribution < 1.29 is 4.79 Å². The van der Waals surface area contributed by atoms with E-state index in [1.165, 1.54) is 5.56 Å². The first-order valence-corrected chi connectivity index (χ1v) is 7.07. The number of nitrogens with one attached hydrogen (secondary N) is 1. The second kappa shape index (κ2) is 8.98. The third kappa shape index (κ3) is 5.14. The number of hydrogen-bond acceptors (Lipinski definition) is 2. The largest absolute Gasteiger partial charge is 0.353 e. The highest BCUT2D eigenvalue weighted by atomic mass is 35.5. The quantitative estimate of drug-likeness (QED) is 0.813. The van der Waals surface area contributed by atoms with Crippen molar-refractivity contribution in [1.29, 1.82) is 0 Å². The van der Waals surface area contributed by atoms with Gasteiger partial charge in [-0.2, -0.15) is 0 Å². The molecule has 0 aromatic heterocycles.